The van der Waals surface area contributed by atoms with Gasteiger partial charge in [0.05, 0.1) is 19.7 Å². The van der Waals surface area contributed by atoms with Gasteiger partial charge in [0.15, 0.2) is 0 Å². The predicted octanol–water partition coefficient (Wildman–Crippen LogP) is 3.49. The number of halogens is 1. The van der Waals surface area contributed by atoms with Gasteiger partial charge in [0.25, 0.3) is 0 Å². The molecule has 0 bridgehead atoms. The molecule has 1 fully saturated rings. The van der Waals surface area contributed by atoms with E-state index in [4.69, 9.17) is 9.88 Å². The number of nitrogens with two attached hydrogens (primary N) is 1. The SMILES string of the molecule is C=S(N)(=O)c1cccc(COc2cc3ncnc(NC4CC4)c3cc2Br)c1. The summed E-state index contributed by atoms with van der Waals surface area (Å²) in [5.74, 6) is 5.03. The van der Waals surface area contributed by atoms with Crippen molar-refractivity contribution in [1.29, 1.82) is 0 Å². The van der Waals surface area contributed by atoms with Crippen LogP contribution >= 0.6 is 15.9 Å². The molecule has 1 saturated carbocycles. The van der Waals surface area contributed by atoms with Crippen LogP contribution in [0.15, 0.2) is 52.1 Å². The first-order valence-electron chi connectivity index (χ1n) is 8.48. The summed E-state index contributed by atoms with van der Waals surface area (Å²) in [6.45, 7) is 0.311. The first-order chi connectivity index (χ1) is 12.9. The van der Waals surface area contributed by atoms with E-state index in [2.05, 4.69) is 37.1 Å². The number of rotatable bonds is 6. The van der Waals surface area contributed by atoms with Crippen molar-refractivity contribution >= 4 is 48.2 Å². The molecular formula is C19H19BrN4O2S. The van der Waals surface area contributed by atoms with E-state index in [1.165, 1.54) is 12.8 Å². The topological polar surface area (TPSA) is 90.1 Å². The first kappa shape index (κ1) is 18.2. The lowest BCUT2D eigenvalue weighted by molar-refractivity contribution is 0.304. The summed E-state index contributed by atoms with van der Waals surface area (Å²) < 4.78 is 18.7. The smallest absolute Gasteiger partial charge is 0.137 e. The molecule has 1 unspecified atom stereocenters. The van der Waals surface area contributed by atoms with E-state index in [1.807, 2.05) is 18.2 Å². The molecule has 3 aromatic rings. The van der Waals surface area contributed by atoms with E-state index >= 15 is 0 Å². The van der Waals surface area contributed by atoms with E-state index < -0.39 is 9.71 Å². The highest BCUT2D eigenvalue weighted by Crippen LogP contribution is 2.34. The molecule has 1 aliphatic carbocycles. The van der Waals surface area contributed by atoms with Crippen LogP contribution in [0.2, 0.25) is 0 Å². The largest absolute Gasteiger partial charge is 0.488 e. The zero-order valence-corrected chi connectivity index (χ0v) is 16.9. The van der Waals surface area contributed by atoms with Gasteiger partial charge >= 0.3 is 0 Å². The number of hydrogen-bond donors (Lipinski definition) is 2. The Morgan fingerprint density at radius 3 is 2.85 bits per heavy atom. The molecule has 4 rings (SSSR count). The summed E-state index contributed by atoms with van der Waals surface area (Å²) in [5, 5.41) is 10.00. The third-order valence-corrected chi connectivity index (χ3v) is 5.97. The number of anilines is 1. The van der Waals surface area contributed by atoms with Crippen molar-refractivity contribution in [2.45, 2.75) is 30.4 Å². The van der Waals surface area contributed by atoms with Gasteiger partial charge in [-0.25, -0.2) is 14.2 Å². The van der Waals surface area contributed by atoms with Crippen molar-refractivity contribution < 1.29 is 8.95 Å². The molecule has 1 aromatic heterocycles. The predicted molar refractivity (Wildman–Crippen MR) is 112 cm³/mol. The summed E-state index contributed by atoms with van der Waals surface area (Å²) in [7, 11) is -2.74. The quantitative estimate of drug-likeness (QED) is 0.565. The van der Waals surface area contributed by atoms with Gasteiger partial charge in [0.1, 0.15) is 24.5 Å². The molecule has 0 amide bonds. The number of nitrogens with zero attached hydrogens (tertiary/aromatic N) is 2. The maximum Gasteiger partial charge on any atom is 0.137 e. The number of hydrogen-bond acceptors (Lipinski definition) is 5. The lowest BCUT2D eigenvalue weighted by Crippen LogP contribution is -2.12. The molecule has 140 valence electrons. The van der Waals surface area contributed by atoms with Crippen molar-refractivity contribution in [3.63, 3.8) is 0 Å². The molecule has 1 heterocycles. The van der Waals surface area contributed by atoms with Crippen LogP contribution < -0.4 is 15.2 Å². The lowest BCUT2D eigenvalue weighted by Gasteiger charge is -2.12. The van der Waals surface area contributed by atoms with E-state index in [9.17, 15) is 4.21 Å². The molecule has 1 atom stereocenters. The second-order valence-electron chi connectivity index (χ2n) is 6.60. The van der Waals surface area contributed by atoms with Gasteiger partial charge in [-0.3, -0.25) is 5.14 Å². The minimum Gasteiger partial charge on any atom is -0.488 e. The number of nitrogens with one attached hydrogen (secondary N) is 1. The van der Waals surface area contributed by atoms with Crippen molar-refractivity contribution in [1.82, 2.24) is 9.97 Å². The Hall–Kier alpha value is -2.16. The van der Waals surface area contributed by atoms with Gasteiger partial charge in [-0.15, -0.1) is 0 Å². The van der Waals surface area contributed by atoms with Crippen molar-refractivity contribution in [3.05, 3.63) is 52.8 Å². The molecule has 0 spiro atoms. The fourth-order valence-electron chi connectivity index (χ4n) is 2.72. The van der Waals surface area contributed by atoms with Crippen LogP contribution in [0.5, 0.6) is 5.75 Å². The van der Waals surface area contributed by atoms with Gasteiger partial charge in [-0.2, -0.15) is 0 Å². The third-order valence-electron chi connectivity index (χ3n) is 4.30. The van der Waals surface area contributed by atoms with Gasteiger partial charge < -0.3 is 10.1 Å². The normalized spacial score (nSPS) is 16.1. The minimum absolute atomic E-state index is 0.311. The van der Waals surface area contributed by atoms with Crippen molar-refractivity contribution in [3.8, 4) is 5.75 Å². The van der Waals surface area contributed by atoms with Crippen LogP contribution in [0.3, 0.4) is 0 Å². The second-order valence-corrected chi connectivity index (χ2v) is 9.38. The molecule has 6 nitrogen and oxygen atoms in total. The molecule has 27 heavy (non-hydrogen) atoms. The first-order valence-corrected chi connectivity index (χ1v) is 11.1. The van der Waals surface area contributed by atoms with Gasteiger partial charge in [-0.1, -0.05) is 12.1 Å². The van der Waals surface area contributed by atoms with E-state index in [1.54, 1.807) is 24.5 Å². The monoisotopic (exact) mass is 446 g/mol. The fourth-order valence-corrected chi connectivity index (χ4v) is 3.83. The van der Waals surface area contributed by atoms with Crippen LogP contribution in [0.25, 0.3) is 10.9 Å². The fraction of sp³-hybridized carbons (Fsp3) is 0.211. The average molecular weight is 447 g/mol. The summed E-state index contributed by atoms with van der Waals surface area (Å²) in [4.78, 5) is 9.22. The average Bonchev–Trinajstić information content (AvgIpc) is 3.44. The van der Waals surface area contributed by atoms with E-state index in [0.29, 0.717) is 23.3 Å². The molecule has 2 aromatic carbocycles. The highest BCUT2D eigenvalue weighted by molar-refractivity contribution is 9.10. The summed E-state index contributed by atoms with van der Waals surface area (Å²) in [6, 6.07) is 11.5. The molecule has 0 aliphatic heterocycles. The second kappa shape index (κ2) is 7.10. The van der Waals surface area contributed by atoms with Gasteiger partial charge in [0, 0.05) is 22.4 Å². The van der Waals surface area contributed by atoms with Crippen LogP contribution in [0.4, 0.5) is 5.82 Å². The number of ether oxygens (including phenoxy) is 1. The van der Waals surface area contributed by atoms with E-state index in [-0.39, 0.29) is 0 Å². The van der Waals surface area contributed by atoms with Gasteiger partial charge in [0.2, 0.25) is 0 Å². The molecular weight excluding hydrogens is 428 g/mol. The maximum atomic E-state index is 11.9. The molecule has 1 aliphatic rings. The van der Waals surface area contributed by atoms with E-state index in [0.717, 1.165) is 26.8 Å². The Morgan fingerprint density at radius 2 is 2.11 bits per heavy atom. The van der Waals surface area contributed by atoms with Crippen LogP contribution in [-0.4, -0.2) is 26.1 Å². The highest BCUT2D eigenvalue weighted by atomic mass is 79.9. The summed E-state index contributed by atoms with van der Waals surface area (Å²) >= 11 is 3.57. The zero-order chi connectivity index (χ0) is 19.0. The Morgan fingerprint density at radius 1 is 1.30 bits per heavy atom. The summed E-state index contributed by atoms with van der Waals surface area (Å²) in [6.07, 6.45) is 3.91. The minimum atomic E-state index is -2.74. The Kier molecular flexibility index (Phi) is 4.79. The van der Waals surface area contributed by atoms with Crippen molar-refractivity contribution in [2.75, 3.05) is 5.32 Å². The number of benzene rings is 2. The Balaban J connectivity index is 1.58. The molecule has 8 heteroatoms. The van der Waals surface area contributed by atoms with Crippen LogP contribution in [-0.2, 0) is 16.3 Å². The lowest BCUT2D eigenvalue weighted by atomic mass is 10.2. The number of aromatic nitrogens is 2. The standard InChI is InChI=1S/C19H19BrN4O2S/c1-27(21,25)14-4-2-3-12(7-14)10-26-18-9-17-15(8-16(18)20)19(23-11-22-17)24-13-5-6-13/h2-4,7-9,11,13H,1,5-6,10H2,(H2,21,25)(H,22,23,24). The summed E-state index contributed by atoms with van der Waals surface area (Å²) in [5.41, 5.74) is 1.67. The highest BCUT2D eigenvalue weighted by Gasteiger charge is 2.22. The molecule has 0 saturated heterocycles. The van der Waals surface area contributed by atoms with Crippen molar-refractivity contribution in [2.24, 2.45) is 5.14 Å². The Labute approximate surface area is 166 Å². The maximum absolute atomic E-state index is 11.9. The van der Waals surface area contributed by atoms with Crippen LogP contribution in [0, 0.1) is 0 Å². The number of fused-ring (bicyclic) bond motifs is 1. The third kappa shape index (κ3) is 4.23. The van der Waals surface area contributed by atoms with Crippen LogP contribution in [0.1, 0.15) is 18.4 Å². The zero-order valence-electron chi connectivity index (χ0n) is 14.5. The molecule has 3 N–H and O–H groups in total. The Bertz CT molecular complexity index is 1110. The van der Waals surface area contributed by atoms with Gasteiger partial charge in [-0.05, 0) is 58.4 Å². The molecule has 0 radical (unpaired) electrons.